The van der Waals surface area contributed by atoms with Crippen LogP contribution in [0.1, 0.15) is 0 Å². The molecular weight excluding hydrogens is 224 g/mol. The Bertz CT molecular complexity index is 589. The largest absolute Gasteiger partial charge is 0.295 e. The van der Waals surface area contributed by atoms with Crippen molar-refractivity contribution < 1.29 is 13.0 Å². The molecule has 1 N–H and O–H groups in total. The normalized spacial score (nSPS) is 11.3. The fraction of sp³-hybridized carbons (Fsp3) is 0. The Hall–Kier alpha value is -1.65. The van der Waals surface area contributed by atoms with Gasteiger partial charge in [0.05, 0.1) is 0 Å². The molecule has 0 fully saturated rings. The van der Waals surface area contributed by atoms with E-state index in [0.717, 1.165) is 11.1 Å². The first-order chi connectivity index (χ1) is 7.57. The molecule has 3 nitrogen and oxygen atoms in total. The van der Waals surface area contributed by atoms with Gasteiger partial charge in [-0.15, -0.1) is 0 Å². The van der Waals surface area contributed by atoms with Crippen molar-refractivity contribution in [2.45, 2.75) is 4.90 Å². The molecule has 2 aromatic rings. The molecule has 0 bridgehead atoms. The summed E-state index contributed by atoms with van der Waals surface area (Å²) in [6.07, 6.45) is 0. The van der Waals surface area contributed by atoms with Gasteiger partial charge in [-0.25, -0.2) is 0 Å². The molecule has 0 aliphatic carbocycles. The molecule has 0 heterocycles. The number of hydrogen-bond donors (Lipinski definition) is 1. The predicted molar refractivity (Wildman–Crippen MR) is 60.5 cm³/mol. The van der Waals surface area contributed by atoms with Gasteiger partial charge in [0.2, 0.25) is 0 Å². The number of benzene rings is 2. The van der Waals surface area contributed by atoms with E-state index >= 15 is 0 Å². The summed E-state index contributed by atoms with van der Waals surface area (Å²) in [4.78, 5) is -0.214. The lowest BCUT2D eigenvalue weighted by Crippen LogP contribution is -1.98. The third-order valence-electron chi connectivity index (χ3n) is 2.16. The fourth-order valence-electron chi connectivity index (χ4n) is 1.40. The number of hydrogen-bond acceptors (Lipinski definition) is 2. The molecular formula is C12H9O3S. The van der Waals surface area contributed by atoms with Crippen molar-refractivity contribution in [2.24, 2.45) is 0 Å². The smallest absolute Gasteiger partial charge is 0.282 e. The Morgan fingerprint density at radius 2 is 1.69 bits per heavy atom. The van der Waals surface area contributed by atoms with Crippen LogP contribution in [0.3, 0.4) is 0 Å². The molecule has 1 radical (unpaired) electrons. The minimum Gasteiger partial charge on any atom is -0.282 e. The predicted octanol–water partition coefficient (Wildman–Crippen LogP) is 2.40. The molecule has 81 valence electrons. The fourth-order valence-corrected chi connectivity index (χ4v) is 1.90. The SMILES string of the molecule is O=S(=O)(O)c1[c]ccc(-c2ccccc2)c1. The summed E-state index contributed by atoms with van der Waals surface area (Å²) in [6.45, 7) is 0. The van der Waals surface area contributed by atoms with E-state index in [-0.39, 0.29) is 4.90 Å². The Morgan fingerprint density at radius 1 is 1.00 bits per heavy atom. The lowest BCUT2D eigenvalue weighted by Gasteiger charge is -2.02. The first-order valence-electron chi connectivity index (χ1n) is 4.62. The highest BCUT2D eigenvalue weighted by molar-refractivity contribution is 7.85. The van der Waals surface area contributed by atoms with Crippen LogP contribution in [0.25, 0.3) is 11.1 Å². The third kappa shape index (κ3) is 2.29. The Balaban J connectivity index is 2.53. The zero-order valence-electron chi connectivity index (χ0n) is 8.29. The van der Waals surface area contributed by atoms with Crippen molar-refractivity contribution in [1.82, 2.24) is 0 Å². The van der Waals surface area contributed by atoms with E-state index < -0.39 is 10.1 Å². The maximum atomic E-state index is 10.9. The molecule has 2 rings (SSSR count). The second-order valence-electron chi connectivity index (χ2n) is 3.28. The monoisotopic (exact) mass is 233 g/mol. The minimum atomic E-state index is -4.19. The van der Waals surface area contributed by atoms with E-state index in [2.05, 4.69) is 6.07 Å². The molecule has 0 saturated heterocycles. The lowest BCUT2D eigenvalue weighted by molar-refractivity contribution is 0.483. The molecule has 2 aromatic carbocycles. The second kappa shape index (κ2) is 4.08. The van der Waals surface area contributed by atoms with Crippen LogP contribution in [-0.2, 0) is 10.1 Å². The highest BCUT2D eigenvalue weighted by Gasteiger charge is 2.10. The van der Waals surface area contributed by atoms with Crippen molar-refractivity contribution in [3.8, 4) is 11.1 Å². The zero-order valence-corrected chi connectivity index (χ0v) is 9.11. The molecule has 0 aliphatic rings. The van der Waals surface area contributed by atoms with E-state index in [1.807, 2.05) is 30.3 Å². The van der Waals surface area contributed by atoms with E-state index in [1.165, 1.54) is 12.1 Å². The summed E-state index contributed by atoms with van der Waals surface area (Å²) in [5, 5.41) is 0. The topological polar surface area (TPSA) is 54.4 Å². The summed E-state index contributed by atoms with van der Waals surface area (Å²) in [7, 11) is -4.19. The van der Waals surface area contributed by atoms with Crippen LogP contribution in [0.4, 0.5) is 0 Å². The van der Waals surface area contributed by atoms with Gasteiger partial charge in [0.1, 0.15) is 4.90 Å². The summed E-state index contributed by atoms with van der Waals surface area (Å²) in [5.74, 6) is 0. The first-order valence-corrected chi connectivity index (χ1v) is 6.06. The van der Waals surface area contributed by atoms with Crippen LogP contribution >= 0.6 is 0 Å². The van der Waals surface area contributed by atoms with E-state index in [9.17, 15) is 8.42 Å². The summed E-state index contributed by atoms with van der Waals surface area (Å²) in [5.41, 5.74) is 1.62. The maximum Gasteiger partial charge on any atom is 0.295 e. The van der Waals surface area contributed by atoms with E-state index in [1.54, 1.807) is 6.07 Å². The summed E-state index contributed by atoms with van der Waals surface area (Å²) in [6, 6.07) is 16.4. The van der Waals surface area contributed by atoms with Crippen molar-refractivity contribution >= 4 is 10.1 Å². The van der Waals surface area contributed by atoms with Gasteiger partial charge in [-0.05, 0) is 17.2 Å². The van der Waals surface area contributed by atoms with Crippen LogP contribution in [0.15, 0.2) is 53.4 Å². The van der Waals surface area contributed by atoms with Gasteiger partial charge in [0.15, 0.2) is 0 Å². The van der Waals surface area contributed by atoms with E-state index in [4.69, 9.17) is 4.55 Å². The standard InChI is InChI=1S/C12H9O3S/c13-16(14,15)12-8-4-7-11(9-12)10-5-2-1-3-6-10/h1-7,9H,(H,13,14,15). The molecule has 4 heteroatoms. The zero-order chi connectivity index (χ0) is 11.6. The van der Waals surface area contributed by atoms with Crippen molar-refractivity contribution in [3.63, 3.8) is 0 Å². The highest BCUT2D eigenvalue weighted by atomic mass is 32.2. The van der Waals surface area contributed by atoms with Gasteiger partial charge in [-0.2, -0.15) is 8.42 Å². The van der Waals surface area contributed by atoms with Gasteiger partial charge in [-0.1, -0.05) is 42.5 Å². The van der Waals surface area contributed by atoms with Crippen LogP contribution in [0.5, 0.6) is 0 Å². The molecule has 0 atom stereocenters. The Labute approximate surface area is 94.1 Å². The summed E-state index contributed by atoms with van der Waals surface area (Å²) < 4.78 is 30.8. The molecule has 0 saturated carbocycles. The van der Waals surface area contributed by atoms with Gasteiger partial charge in [-0.3, -0.25) is 4.55 Å². The average Bonchev–Trinajstić information content (AvgIpc) is 2.29. The van der Waals surface area contributed by atoms with Crippen molar-refractivity contribution in [3.05, 3.63) is 54.6 Å². The van der Waals surface area contributed by atoms with Crippen molar-refractivity contribution in [2.75, 3.05) is 0 Å². The third-order valence-corrected chi connectivity index (χ3v) is 2.95. The number of rotatable bonds is 2. The molecule has 16 heavy (non-hydrogen) atoms. The van der Waals surface area contributed by atoms with Crippen LogP contribution in [-0.4, -0.2) is 13.0 Å². The summed E-state index contributed by atoms with van der Waals surface area (Å²) >= 11 is 0. The van der Waals surface area contributed by atoms with Crippen LogP contribution < -0.4 is 0 Å². The molecule has 0 amide bonds. The van der Waals surface area contributed by atoms with Gasteiger partial charge < -0.3 is 0 Å². The van der Waals surface area contributed by atoms with Crippen molar-refractivity contribution in [1.29, 1.82) is 0 Å². The second-order valence-corrected chi connectivity index (χ2v) is 4.67. The molecule has 0 spiro atoms. The van der Waals surface area contributed by atoms with Gasteiger partial charge >= 0.3 is 0 Å². The Kier molecular flexibility index (Phi) is 2.77. The lowest BCUT2D eigenvalue weighted by atomic mass is 10.1. The maximum absolute atomic E-state index is 10.9. The highest BCUT2D eigenvalue weighted by Crippen LogP contribution is 2.21. The van der Waals surface area contributed by atoms with Gasteiger partial charge in [0, 0.05) is 6.07 Å². The van der Waals surface area contributed by atoms with Crippen LogP contribution in [0, 0.1) is 6.07 Å². The van der Waals surface area contributed by atoms with E-state index in [0.29, 0.717) is 0 Å². The molecule has 0 aliphatic heterocycles. The minimum absolute atomic E-state index is 0.214. The first kappa shape index (κ1) is 10.9. The van der Waals surface area contributed by atoms with Gasteiger partial charge in [0.25, 0.3) is 10.1 Å². The van der Waals surface area contributed by atoms with Crippen LogP contribution in [0.2, 0.25) is 0 Å². The average molecular weight is 233 g/mol. The Morgan fingerprint density at radius 3 is 2.31 bits per heavy atom. The molecule has 0 aromatic heterocycles. The molecule has 0 unspecified atom stereocenters. The quantitative estimate of drug-likeness (QED) is 0.810.